The van der Waals surface area contributed by atoms with Crippen molar-refractivity contribution in [3.8, 4) is 39.6 Å². The van der Waals surface area contributed by atoms with Gasteiger partial charge >= 0.3 is 0 Å². The van der Waals surface area contributed by atoms with Crippen LogP contribution in [0.1, 0.15) is 5.69 Å². The van der Waals surface area contributed by atoms with Gasteiger partial charge in [-0.1, -0.05) is 23.7 Å². The minimum absolute atomic E-state index is 0.524. The van der Waals surface area contributed by atoms with Gasteiger partial charge in [0.05, 0.1) is 27.0 Å². The maximum absolute atomic E-state index is 6.21. The zero-order chi connectivity index (χ0) is 18.0. The van der Waals surface area contributed by atoms with E-state index >= 15 is 0 Å². The number of methoxy groups -OCH3 is 3. The van der Waals surface area contributed by atoms with Gasteiger partial charge in [0.2, 0.25) is 5.75 Å². The molecule has 0 unspecified atom stereocenters. The highest BCUT2D eigenvalue weighted by Crippen LogP contribution is 2.49. The number of ether oxygens (including phenoxy) is 3. The molecular formula is C19H19ClN2O3. The highest BCUT2D eigenvalue weighted by Gasteiger charge is 2.23. The Kier molecular flexibility index (Phi) is 4.86. The number of nitrogens with zero attached hydrogens (tertiary/aromatic N) is 1. The molecule has 0 aliphatic carbocycles. The third kappa shape index (κ3) is 3.15. The quantitative estimate of drug-likeness (QED) is 0.716. The first-order valence-electron chi connectivity index (χ1n) is 7.70. The topological polar surface area (TPSA) is 56.4 Å². The van der Waals surface area contributed by atoms with Crippen LogP contribution in [0, 0.1) is 6.92 Å². The van der Waals surface area contributed by atoms with E-state index in [2.05, 4.69) is 10.2 Å². The molecule has 130 valence electrons. The highest BCUT2D eigenvalue weighted by molar-refractivity contribution is 6.30. The number of aryl methyl sites for hydroxylation is 1. The molecule has 1 heterocycles. The lowest BCUT2D eigenvalue weighted by molar-refractivity contribution is 0.325. The molecule has 25 heavy (non-hydrogen) atoms. The third-order valence-electron chi connectivity index (χ3n) is 3.93. The van der Waals surface area contributed by atoms with Crippen LogP contribution in [-0.2, 0) is 0 Å². The predicted molar refractivity (Wildman–Crippen MR) is 98.9 cm³/mol. The van der Waals surface area contributed by atoms with Crippen molar-refractivity contribution in [3.05, 3.63) is 47.1 Å². The van der Waals surface area contributed by atoms with Crippen LogP contribution in [-0.4, -0.2) is 31.5 Å². The molecule has 0 aliphatic heterocycles. The smallest absolute Gasteiger partial charge is 0.203 e. The summed E-state index contributed by atoms with van der Waals surface area (Å²) in [5, 5.41) is 8.00. The molecule has 0 atom stereocenters. The first-order valence-corrected chi connectivity index (χ1v) is 8.08. The Morgan fingerprint density at radius 3 is 2.28 bits per heavy atom. The average molecular weight is 359 g/mol. The monoisotopic (exact) mass is 358 g/mol. The Morgan fingerprint density at radius 1 is 0.960 bits per heavy atom. The fraction of sp³-hybridized carbons (Fsp3) is 0.211. The van der Waals surface area contributed by atoms with Crippen molar-refractivity contribution in [1.82, 2.24) is 10.2 Å². The van der Waals surface area contributed by atoms with Gasteiger partial charge in [-0.15, -0.1) is 0 Å². The zero-order valence-corrected chi connectivity index (χ0v) is 15.3. The van der Waals surface area contributed by atoms with Gasteiger partial charge in [-0.25, -0.2) is 0 Å². The van der Waals surface area contributed by atoms with Crippen molar-refractivity contribution in [1.29, 1.82) is 0 Å². The molecule has 0 aliphatic rings. The normalized spacial score (nSPS) is 10.6. The molecule has 0 fully saturated rings. The Hall–Kier alpha value is -2.66. The second-order valence-corrected chi connectivity index (χ2v) is 5.95. The molecule has 5 nitrogen and oxygen atoms in total. The number of nitrogens with one attached hydrogen (secondary N) is 1. The molecule has 1 aromatic heterocycles. The summed E-state index contributed by atoms with van der Waals surface area (Å²) in [4.78, 5) is 0. The van der Waals surface area contributed by atoms with Crippen LogP contribution in [0.15, 0.2) is 36.4 Å². The number of rotatable bonds is 5. The Labute approximate surface area is 151 Å². The second kappa shape index (κ2) is 7.07. The summed E-state index contributed by atoms with van der Waals surface area (Å²) in [6.45, 7) is 1.95. The fourth-order valence-corrected chi connectivity index (χ4v) is 3.04. The highest BCUT2D eigenvalue weighted by atomic mass is 35.5. The number of H-pyrrole nitrogens is 1. The molecule has 0 radical (unpaired) electrons. The number of hydrogen-bond acceptors (Lipinski definition) is 4. The van der Waals surface area contributed by atoms with E-state index in [-0.39, 0.29) is 0 Å². The molecule has 0 amide bonds. The largest absolute Gasteiger partial charge is 0.493 e. The van der Waals surface area contributed by atoms with E-state index < -0.39 is 0 Å². The molecule has 6 heteroatoms. The third-order valence-corrected chi connectivity index (χ3v) is 4.16. The van der Waals surface area contributed by atoms with E-state index in [4.69, 9.17) is 25.8 Å². The molecule has 3 rings (SSSR count). The van der Waals surface area contributed by atoms with Crippen molar-refractivity contribution < 1.29 is 14.2 Å². The summed E-state index contributed by atoms with van der Waals surface area (Å²) in [5.74, 6) is 1.66. The van der Waals surface area contributed by atoms with Gasteiger partial charge in [0.15, 0.2) is 11.5 Å². The van der Waals surface area contributed by atoms with Crippen molar-refractivity contribution in [2.45, 2.75) is 6.92 Å². The molecule has 0 bridgehead atoms. The minimum Gasteiger partial charge on any atom is -0.493 e. The summed E-state index contributed by atoms with van der Waals surface area (Å²) in [6, 6.07) is 11.4. The molecule has 2 aromatic carbocycles. The first-order chi connectivity index (χ1) is 12.1. The number of benzene rings is 2. The Balaban J connectivity index is 2.39. The number of aromatic nitrogens is 2. The summed E-state index contributed by atoms with van der Waals surface area (Å²) in [6.07, 6.45) is 0. The second-order valence-electron chi connectivity index (χ2n) is 5.51. The van der Waals surface area contributed by atoms with Gasteiger partial charge in [0.1, 0.15) is 0 Å². The Morgan fingerprint density at radius 2 is 1.72 bits per heavy atom. The van der Waals surface area contributed by atoms with Gasteiger partial charge in [-0.05, 0) is 36.8 Å². The van der Waals surface area contributed by atoms with Crippen LogP contribution < -0.4 is 14.2 Å². The first kappa shape index (κ1) is 17.2. The summed E-state index contributed by atoms with van der Waals surface area (Å²) in [7, 11) is 4.78. The van der Waals surface area contributed by atoms with E-state index in [1.165, 1.54) is 0 Å². The summed E-state index contributed by atoms with van der Waals surface area (Å²) in [5.41, 5.74) is 4.35. The number of hydrogen-bond donors (Lipinski definition) is 1. The molecule has 0 saturated carbocycles. The van der Waals surface area contributed by atoms with Crippen molar-refractivity contribution >= 4 is 11.6 Å². The van der Waals surface area contributed by atoms with E-state index in [0.29, 0.717) is 22.3 Å². The van der Waals surface area contributed by atoms with Crippen LogP contribution in [0.5, 0.6) is 17.2 Å². The maximum atomic E-state index is 6.21. The lowest BCUT2D eigenvalue weighted by atomic mass is 9.95. The van der Waals surface area contributed by atoms with Crippen LogP contribution >= 0.6 is 11.6 Å². The van der Waals surface area contributed by atoms with Gasteiger partial charge < -0.3 is 14.2 Å². The van der Waals surface area contributed by atoms with Crippen molar-refractivity contribution in [2.24, 2.45) is 0 Å². The molecule has 0 saturated heterocycles. The fourth-order valence-electron chi connectivity index (χ4n) is 2.84. The lowest BCUT2D eigenvalue weighted by Gasteiger charge is -2.19. The standard InChI is InChI=1S/C19H19ClN2O3/c1-11-8-15(22-21-11)14-10-16(23-2)18(24-3)19(25-4)17(14)12-6-5-7-13(20)9-12/h5-10H,1-4H3,(H,21,22). The van der Waals surface area contributed by atoms with Gasteiger partial charge in [0.25, 0.3) is 0 Å². The predicted octanol–water partition coefficient (Wildman–Crippen LogP) is 4.73. The van der Waals surface area contributed by atoms with Crippen LogP contribution in [0.3, 0.4) is 0 Å². The molecule has 0 spiro atoms. The molecule has 3 aromatic rings. The van der Waals surface area contributed by atoms with E-state index in [0.717, 1.165) is 28.1 Å². The zero-order valence-electron chi connectivity index (χ0n) is 14.5. The number of aromatic amines is 1. The van der Waals surface area contributed by atoms with E-state index in [9.17, 15) is 0 Å². The molecule has 1 N–H and O–H groups in total. The van der Waals surface area contributed by atoms with Crippen LogP contribution in [0.25, 0.3) is 22.4 Å². The van der Waals surface area contributed by atoms with Gasteiger partial charge in [-0.2, -0.15) is 5.10 Å². The van der Waals surface area contributed by atoms with E-state index in [1.807, 2.05) is 43.3 Å². The van der Waals surface area contributed by atoms with Crippen molar-refractivity contribution in [3.63, 3.8) is 0 Å². The van der Waals surface area contributed by atoms with E-state index in [1.54, 1.807) is 21.3 Å². The van der Waals surface area contributed by atoms with Crippen LogP contribution in [0.2, 0.25) is 5.02 Å². The lowest BCUT2D eigenvalue weighted by Crippen LogP contribution is -1.99. The summed E-state index contributed by atoms with van der Waals surface area (Å²) >= 11 is 6.21. The average Bonchev–Trinajstić information content (AvgIpc) is 3.05. The number of halogens is 1. The SMILES string of the molecule is COc1cc(-c2cc(C)[nH]n2)c(-c2cccc(Cl)c2)c(OC)c1OC. The van der Waals surface area contributed by atoms with Crippen LogP contribution in [0.4, 0.5) is 0 Å². The van der Waals surface area contributed by atoms with Gasteiger partial charge in [0, 0.05) is 21.8 Å². The Bertz CT molecular complexity index is 906. The maximum Gasteiger partial charge on any atom is 0.203 e. The van der Waals surface area contributed by atoms with Crippen molar-refractivity contribution in [2.75, 3.05) is 21.3 Å². The van der Waals surface area contributed by atoms with Gasteiger partial charge in [-0.3, -0.25) is 5.10 Å². The molecular weight excluding hydrogens is 340 g/mol. The minimum atomic E-state index is 0.524. The summed E-state index contributed by atoms with van der Waals surface area (Å²) < 4.78 is 16.7.